The zero-order valence-corrected chi connectivity index (χ0v) is 10.0. The lowest BCUT2D eigenvalue weighted by Crippen LogP contribution is -2.21. The molecule has 0 saturated carbocycles. The number of hydrogen-bond acceptors (Lipinski definition) is 3. The second kappa shape index (κ2) is 4.26. The van der Waals surface area contributed by atoms with E-state index >= 15 is 0 Å². The maximum atomic E-state index is 12.1. The number of carbonyl (C=O) groups is 2. The molecule has 1 aliphatic carbocycles. The van der Waals surface area contributed by atoms with Gasteiger partial charge in [-0.1, -0.05) is 24.3 Å². The SMILES string of the molecule is CSC(C)C1=CC(=O)c2ccccc2C1=O. The molecular weight excluding hydrogens is 220 g/mol. The van der Waals surface area contributed by atoms with Crippen LogP contribution in [-0.2, 0) is 0 Å². The first-order valence-corrected chi connectivity index (χ1v) is 6.36. The first-order valence-electron chi connectivity index (χ1n) is 5.07. The molecule has 3 heteroatoms. The van der Waals surface area contributed by atoms with E-state index in [0.29, 0.717) is 16.7 Å². The Morgan fingerprint density at radius 3 is 2.38 bits per heavy atom. The Labute approximate surface area is 98.7 Å². The van der Waals surface area contributed by atoms with E-state index in [1.54, 1.807) is 36.0 Å². The molecule has 1 unspecified atom stereocenters. The Balaban J connectivity index is 2.51. The van der Waals surface area contributed by atoms with Gasteiger partial charge in [0.05, 0.1) is 0 Å². The van der Waals surface area contributed by atoms with Gasteiger partial charge >= 0.3 is 0 Å². The smallest absolute Gasteiger partial charge is 0.191 e. The number of hydrogen-bond donors (Lipinski definition) is 0. The summed E-state index contributed by atoms with van der Waals surface area (Å²) in [6.07, 6.45) is 3.41. The summed E-state index contributed by atoms with van der Waals surface area (Å²) in [5, 5.41) is 0.0600. The summed E-state index contributed by atoms with van der Waals surface area (Å²) in [6.45, 7) is 1.94. The maximum absolute atomic E-state index is 12.1. The summed E-state index contributed by atoms with van der Waals surface area (Å²) in [5.74, 6) is -0.0804. The van der Waals surface area contributed by atoms with Crippen molar-refractivity contribution < 1.29 is 9.59 Å². The molecule has 0 aliphatic heterocycles. The summed E-state index contributed by atoms with van der Waals surface area (Å²) in [6, 6.07) is 6.99. The van der Waals surface area contributed by atoms with E-state index in [4.69, 9.17) is 0 Å². The van der Waals surface area contributed by atoms with E-state index in [1.807, 2.05) is 13.2 Å². The molecule has 1 atom stereocenters. The van der Waals surface area contributed by atoms with E-state index in [0.717, 1.165) is 0 Å². The highest BCUT2D eigenvalue weighted by atomic mass is 32.2. The van der Waals surface area contributed by atoms with Crippen LogP contribution in [0.5, 0.6) is 0 Å². The van der Waals surface area contributed by atoms with Crippen LogP contribution in [0.1, 0.15) is 27.6 Å². The van der Waals surface area contributed by atoms with Gasteiger partial charge < -0.3 is 0 Å². The number of fused-ring (bicyclic) bond motifs is 1. The quantitative estimate of drug-likeness (QED) is 0.786. The van der Waals surface area contributed by atoms with Crippen LogP contribution in [0, 0.1) is 0 Å². The molecule has 0 N–H and O–H groups in total. The van der Waals surface area contributed by atoms with Gasteiger partial charge in [-0.15, -0.1) is 0 Å². The third-order valence-electron chi connectivity index (χ3n) is 2.78. The highest BCUT2D eigenvalue weighted by Gasteiger charge is 2.27. The van der Waals surface area contributed by atoms with Crippen molar-refractivity contribution in [3.05, 3.63) is 47.0 Å². The van der Waals surface area contributed by atoms with Crippen LogP contribution in [0.3, 0.4) is 0 Å². The molecule has 0 amide bonds. The van der Waals surface area contributed by atoms with Crippen LogP contribution in [0.4, 0.5) is 0 Å². The standard InChI is InChI=1S/C13H12O2S/c1-8(16-2)11-7-12(14)9-5-3-4-6-10(9)13(11)15/h3-8H,1-2H3. The molecule has 16 heavy (non-hydrogen) atoms. The fourth-order valence-corrected chi connectivity index (χ4v) is 2.19. The van der Waals surface area contributed by atoms with Crippen molar-refractivity contribution in [2.45, 2.75) is 12.2 Å². The van der Waals surface area contributed by atoms with Crippen molar-refractivity contribution in [3.63, 3.8) is 0 Å². The third-order valence-corrected chi connectivity index (χ3v) is 3.74. The van der Waals surface area contributed by atoms with E-state index in [1.165, 1.54) is 6.08 Å². The predicted molar refractivity (Wildman–Crippen MR) is 66.2 cm³/mol. The molecule has 0 aromatic heterocycles. The van der Waals surface area contributed by atoms with Crippen LogP contribution in [0.25, 0.3) is 0 Å². The summed E-state index contributed by atoms with van der Waals surface area (Å²) in [4.78, 5) is 24.0. The molecule has 0 saturated heterocycles. The van der Waals surface area contributed by atoms with Gasteiger partial charge in [-0.25, -0.2) is 0 Å². The van der Waals surface area contributed by atoms with Crippen molar-refractivity contribution in [2.24, 2.45) is 0 Å². The first-order chi connectivity index (χ1) is 7.65. The van der Waals surface area contributed by atoms with Crippen LogP contribution in [-0.4, -0.2) is 23.1 Å². The highest BCUT2D eigenvalue weighted by molar-refractivity contribution is 7.99. The number of ketones is 2. The molecule has 1 aromatic carbocycles. The van der Waals surface area contributed by atoms with Gasteiger partial charge in [0.1, 0.15) is 0 Å². The molecule has 82 valence electrons. The number of benzene rings is 1. The van der Waals surface area contributed by atoms with Gasteiger partial charge in [-0.05, 0) is 19.3 Å². The van der Waals surface area contributed by atoms with Crippen molar-refractivity contribution in [1.82, 2.24) is 0 Å². The Morgan fingerprint density at radius 1 is 1.12 bits per heavy atom. The fourth-order valence-electron chi connectivity index (χ4n) is 1.76. The monoisotopic (exact) mass is 232 g/mol. The molecule has 0 radical (unpaired) electrons. The average molecular weight is 232 g/mol. The van der Waals surface area contributed by atoms with Crippen LogP contribution >= 0.6 is 11.8 Å². The van der Waals surface area contributed by atoms with Crippen molar-refractivity contribution in [2.75, 3.05) is 6.26 Å². The van der Waals surface area contributed by atoms with Gasteiger partial charge in [0.2, 0.25) is 0 Å². The number of rotatable bonds is 2. The predicted octanol–water partition coefficient (Wildman–Crippen LogP) is 2.74. The van der Waals surface area contributed by atoms with Gasteiger partial charge in [-0.3, -0.25) is 9.59 Å². The van der Waals surface area contributed by atoms with Crippen LogP contribution < -0.4 is 0 Å². The lowest BCUT2D eigenvalue weighted by Gasteiger charge is -2.18. The largest absolute Gasteiger partial charge is 0.289 e. The van der Waals surface area contributed by atoms with Crippen LogP contribution in [0.2, 0.25) is 0 Å². The topological polar surface area (TPSA) is 34.1 Å². The molecule has 0 spiro atoms. The number of thioether (sulfide) groups is 1. The van der Waals surface area contributed by atoms with Crippen molar-refractivity contribution in [3.8, 4) is 0 Å². The average Bonchev–Trinajstić information content (AvgIpc) is 2.33. The first kappa shape index (κ1) is 11.1. The molecule has 2 rings (SSSR count). The normalized spacial score (nSPS) is 16.8. The van der Waals surface area contributed by atoms with E-state index in [2.05, 4.69) is 0 Å². The number of allylic oxidation sites excluding steroid dienone is 1. The number of Topliss-reactive ketones (excluding diaryl/α,β-unsaturated/α-hetero) is 1. The molecule has 2 nitrogen and oxygen atoms in total. The van der Waals surface area contributed by atoms with E-state index in [-0.39, 0.29) is 16.8 Å². The fraction of sp³-hybridized carbons (Fsp3) is 0.231. The lowest BCUT2D eigenvalue weighted by atomic mass is 9.88. The summed E-state index contributed by atoms with van der Waals surface area (Å²) < 4.78 is 0. The zero-order chi connectivity index (χ0) is 11.7. The van der Waals surface area contributed by atoms with E-state index in [9.17, 15) is 9.59 Å². The highest BCUT2D eigenvalue weighted by Crippen LogP contribution is 2.27. The minimum atomic E-state index is -0.0638. The molecule has 0 heterocycles. The summed E-state index contributed by atoms with van der Waals surface area (Å²) in [5.41, 5.74) is 1.66. The van der Waals surface area contributed by atoms with Gasteiger partial charge in [-0.2, -0.15) is 11.8 Å². The Hall–Kier alpha value is -1.35. The molecule has 1 aliphatic rings. The Kier molecular flexibility index (Phi) is 2.97. The van der Waals surface area contributed by atoms with Gasteiger partial charge in [0.25, 0.3) is 0 Å². The maximum Gasteiger partial charge on any atom is 0.191 e. The molecular formula is C13H12O2S. The van der Waals surface area contributed by atoms with Crippen molar-refractivity contribution in [1.29, 1.82) is 0 Å². The molecule has 0 bridgehead atoms. The minimum absolute atomic E-state index is 0.0166. The zero-order valence-electron chi connectivity index (χ0n) is 9.19. The van der Waals surface area contributed by atoms with Crippen molar-refractivity contribution >= 4 is 23.3 Å². The third kappa shape index (κ3) is 1.71. The Bertz CT molecular complexity index is 488. The molecule has 1 aromatic rings. The van der Waals surface area contributed by atoms with Crippen LogP contribution in [0.15, 0.2) is 35.9 Å². The van der Waals surface area contributed by atoms with Gasteiger partial charge in [0.15, 0.2) is 11.6 Å². The second-order valence-electron chi connectivity index (χ2n) is 3.72. The minimum Gasteiger partial charge on any atom is -0.289 e. The van der Waals surface area contributed by atoms with Gasteiger partial charge in [0, 0.05) is 21.9 Å². The number of carbonyl (C=O) groups excluding carboxylic acids is 2. The lowest BCUT2D eigenvalue weighted by molar-refractivity contribution is 0.0982. The van der Waals surface area contributed by atoms with E-state index < -0.39 is 0 Å². The Morgan fingerprint density at radius 2 is 1.75 bits per heavy atom. The summed E-state index contributed by atoms with van der Waals surface area (Å²) >= 11 is 1.57. The summed E-state index contributed by atoms with van der Waals surface area (Å²) in [7, 11) is 0. The second-order valence-corrected chi connectivity index (χ2v) is 4.90. The molecule has 0 fully saturated rings.